The monoisotopic (exact) mass is 179 g/mol. The summed E-state index contributed by atoms with van der Waals surface area (Å²) in [6.07, 6.45) is 6.35. The molecule has 0 aliphatic heterocycles. The van der Waals surface area contributed by atoms with E-state index in [0.29, 0.717) is 6.42 Å². The Bertz CT molecular complexity index is 261. The van der Waals surface area contributed by atoms with Gasteiger partial charge in [0.25, 0.3) is 0 Å². The van der Waals surface area contributed by atoms with Gasteiger partial charge in [0.1, 0.15) is 12.7 Å². The summed E-state index contributed by atoms with van der Waals surface area (Å²) in [5.74, 6) is 0.293. The molecule has 1 heterocycles. The van der Waals surface area contributed by atoms with E-state index in [9.17, 15) is 4.79 Å². The molecule has 0 bridgehead atoms. The van der Waals surface area contributed by atoms with Gasteiger partial charge in [-0.2, -0.15) is 0 Å². The molecule has 4 nitrogen and oxygen atoms in total. The summed E-state index contributed by atoms with van der Waals surface area (Å²) in [4.78, 5) is 22.6. The van der Waals surface area contributed by atoms with Crippen molar-refractivity contribution in [1.29, 1.82) is 0 Å². The molecule has 1 aromatic heterocycles. The molecule has 0 amide bonds. The largest absolute Gasteiger partial charge is 0.291 e. The van der Waals surface area contributed by atoms with Crippen molar-refractivity contribution in [2.75, 3.05) is 0 Å². The quantitative estimate of drug-likeness (QED) is 0.509. The molecule has 4 heteroatoms. The van der Waals surface area contributed by atoms with Gasteiger partial charge in [0, 0.05) is 6.42 Å². The molecule has 0 saturated carbocycles. The Morgan fingerprint density at radius 2 is 2.00 bits per heavy atom. The van der Waals surface area contributed by atoms with Crippen LogP contribution in [0, 0.1) is 0 Å². The third kappa shape index (κ3) is 3.27. The SMILES string of the molecule is CCCCCC(=O)c1ncncn1. The average molecular weight is 179 g/mol. The van der Waals surface area contributed by atoms with Crippen molar-refractivity contribution >= 4 is 5.78 Å². The van der Waals surface area contributed by atoms with Crippen molar-refractivity contribution in [3.05, 3.63) is 18.5 Å². The van der Waals surface area contributed by atoms with Crippen molar-refractivity contribution in [3.8, 4) is 0 Å². The smallest absolute Gasteiger partial charge is 0.200 e. The minimum atomic E-state index is 0.0100. The van der Waals surface area contributed by atoms with Crippen LogP contribution in [-0.4, -0.2) is 20.7 Å². The van der Waals surface area contributed by atoms with E-state index >= 15 is 0 Å². The standard InChI is InChI=1S/C9H13N3O/c1-2-3-4-5-8(13)9-11-6-10-7-12-9/h6-7H,2-5H2,1H3. The van der Waals surface area contributed by atoms with E-state index in [-0.39, 0.29) is 11.6 Å². The first-order valence-electron chi connectivity index (χ1n) is 4.49. The van der Waals surface area contributed by atoms with Gasteiger partial charge in [-0.3, -0.25) is 4.79 Å². The molecule has 0 fully saturated rings. The first-order chi connectivity index (χ1) is 6.34. The van der Waals surface area contributed by atoms with E-state index in [1.165, 1.54) is 12.7 Å². The van der Waals surface area contributed by atoms with Crippen LogP contribution >= 0.6 is 0 Å². The Hall–Kier alpha value is -1.32. The van der Waals surface area contributed by atoms with E-state index < -0.39 is 0 Å². The second-order valence-electron chi connectivity index (χ2n) is 2.84. The van der Waals surface area contributed by atoms with Crippen LogP contribution in [0.1, 0.15) is 43.2 Å². The van der Waals surface area contributed by atoms with Crippen molar-refractivity contribution in [2.24, 2.45) is 0 Å². The Labute approximate surface area is 77.4 Å². The highest BCUT2D eigenvalue weighted by molar-refractivity contribution is 5.92. The van der Waals surface area contributed by atoms with Gasteiger partial charge in [-0.15, -0.1) is 0 Å². The number of rotatable bonds is 5. The molecule has 0 aromatic carbocycles. The number of hydrogen-bond acceptors (Lipinski definition) is 4. The van der Waals surface area contributed by atoms with Crippen LogP contribution in [0.4, 0.5) is 0 Å². The van der Waals surface area contributed by atoms with Crippen LogP contribution in [-0.2, 0) is 0 Å². The molecule has 0 unspecified atom stereocenters. The van der Waals surface area contributed by atoms with Crippen LogP contribution in [0.2, 0.25) is 0 Å². The van der Waals surface area contributed by atoms with Crippen molar-refractivity contribution in [1.82, 2.24) is 15.0 Å². The molecule has 13 heavy (non-hydrogen) atoms. The predicted molar refractivity (Wildman–Crippen MR) is 48.3 cm³/mol. The zero-order chi connectivity index (χ0) is 9.52. The molecule has 0 spiro atoms. The number of carbonyl (C=O) groups excluding carboxylic acids is 1. The van der Waals surface area contributed by atoms with Crippen LogP contribution in [0.25, 0.3) is 0 Å². The molecular weight excluding hydrogens is 166 g/mol. The summed E-state index contributed by atoms with van der Waals surface area (Å²) in [6, 6.07) is 0. The molecule has 0 N–H and O–H groups in total. The second-order valence-corrected chi connectivity index (χ2v) is 2.84. The molecule has 0 radical (unpaired) electrons. The third-order valence-electron chi connectivity index (χ3n) is 1.75. The van der Waals surface area contributed by atoms with Gasteiger partial charge >= 0.3 is 0 Å². The zero-order valence-electron chi connectivity index (χ0n) is 7.73. The van der Waals surface area contributed by atoms with Gasteiger partial charge in [-0.1, -0.05) is 19.8 Å². The fourth-order valence-electron chi connectivity index (χ4n) is 1.03. The van der Waals surface area contributed by atoms with Gasteiger partial charge in [0.05, 0.1) is 0 Å². The molecule has 0 atom stereocenters. The topological polar surface area (TPSA) is 55.7 Å². The van der Waals surface area contributed by atoms with E-state index in [1.807, 2.05) is 0 Å². The number of nitrogens with zero attached hydrogens (tertiary/aromatic N) is 3. The fraction of sp³-hybridized carbons (Fsp3) is 0.556. The number of Topliss-reactive ketones (excluding diaryl/α,β-unsaturated/α-hetero) is 1. The minimum absolute atomic E-state index is 0.0100. The van der Waals surface area contributed by atoms with E-state index in [2.05, 4.69) is 21.9 Å². The van der Waals surface area contributed by atoms with Crippen molar-refractivity contribution < 1.29 is 4.79 Å². The minimum Gasteiger partial charge on any atom is -0.291 e. The molecular formula is C9H13N3O. The number of ketones is 1. The summed E-state index contributed by atoms with van der Waals surface area (Å²) in [5, 5.41) is 0. The van der Waals surface area contributed by atoms with Gasteiger partial charge in [-0.05, 0) is 6.42 Å². The van der Waals surface area contributed by atoms with Gasteiger partial charge in [0.2, 0.25) is 0 Å². The number of aromatic nitrogens is 3. The van der Waals surface area contributed by atoms with Gasteiger partial charge in [0.15, 0.2) is 11.6 Å². The highest BCUT2D eigenvalue weighted by Gasteiger charge is 2.06. The lowest BCUT2D eigenvalue weighted by Crippen LogP contribution is -2.04. The third-order valence-corrected chi connectivity index (χ3v) is 1.75. The maximum atomic E-state index is 11.4. The Kier molecular flexibility index (Phi) is 4.02. The lowest BCUT2D eigenvalue weighted by Gasteiger charge is -1.96. The molecule has 70 valence electrons. The van der Waals surface area contributed by atoms with Crippen molar-refractivity contribution in [3.63, 3.8) is 0 Å². The second kappa shape index (κ2) is 5.35. The Balaban J connectivity index is 2.40. The van der Waals surface area contributed by atoms with E-state index in [1.54, 1.807) is 0 Å². The summed E-state index contributed by atoms with van der Waals surface area (Å²) in [5.41, 5.74) is 0. The Morgan fingerprint density at radius 1 is 1.31 bits per heavy atom. The number of hydrogen-bond donors (Lipinski definition) is 0. The van der Waals surface area contributed by atoms with Crippen LogP contribution in [0.5, 0.6) is 0 Å². The van der Waals surface area contributed by atoms with E-state index in [0.717, 1.165) is 19.3 Å². The normalized spacial score (nSPS) is 9.92. The molecule has 0 saturated heterocycles. The molecule has 0 aliphatic carbocycles. The first kappa shape index (κ1) is 9.77. The lowest BCUT2D eigenvalue weighted by atomic mass is 10.1. The zero-order valence-corrected chi connectivity index (χ0v) is 7.73. The van der Waals surface area contributed by atoms with Crippen LogP contribution < -0.4 is 0 Å². The fourth-order valence-corrected chi connectivity index (χ4v) is 1.03. The first-order valence-corrected chi connectivity index (χ1v) is 4.49. The molecule has 1 aromatic rings. The lowest BCUT2D eigenvalue weighted by molar-refractivity contribution is 0.0969. The highest BCUT2D eigenvalue weighted by Crippen LogP contribution is 2.02. The Morgan fingerprint density at radius 3 is 2.62 bits per heavy atom. The number of unbranched alkanes of at least 4 members (excludes halogenated alkanes) is 2. The average Bonchev–Trinajstić information content (AvgIpc) is 2.19. The van der Waals surface area contributed by atoms with Crippen LogP contribution in [0.3, 0.4) is 0 Å². The van der Waals surface area contributed by atoms with E-state index in [4.69, 9.17) is 0 Å². The summed E-state index contributed by atoms with van der Waals surface area (Å²) < 4.78 is 0. The van der Waals surface area contributed by atoms with Gasteiger partial charge in [-0.25, -0.2) is 15.0 Å². The molecule has 1 rings (SSSR count). The summed E-state index contributed by atoms with van der Waals surface area (Å²) in [6.45, 7) is 2.10. The maximum absolute atomic E-state index is 11.4. The maximum Gasteiger partial charge on any atom is 0.200 e. The highest BCUT2D eigenvalue weighted by atomic mass is 16.1. The number of carbonyl (C=O) groups is 1. The van der Waals surface area contributed by atoms with Gasteiger partial charge < -0.3 is 0 Å². The van der Waals surface area contributed by atoms with Crippen molar-refractivity contribution in [2.45, 2.75) is 32.6 Å². The molecule has 0 aliphatic rings. The predicted octanol–water partition coefficient (Wildman–Crippen LogP) is 1.63. The summed E-state index contributed by atoms with van der Waals surface area (Å²) in [7, 11) is 0. The van der Waals surface area contributed by atoms with Crippen LogP contribution in [0.15, 0.2) is 12.7 Å². The summed E-state index contributed by atoms with van der Waals surface area (Å²) >= 11 is 0.